The van der Waals surface area contributed by atoms with Crippen LogP contribution >= 0.6 is 0 Å². The minimum Gasteiger partial charge on any atom is -0.376 e. The van der Waals surface area contributed by atoms with Crippen LogP contribution in [-0.4, -0.2) is 31.2 Å². The monoisotopic (exact) mass is 226 g/mol. The van der Waals surface area contributed by atoms with Gasteiger partial charge in [0.1, 0.15) is 0 Å². The first-order valence-corrected chi connectivity index (χ1v) is 6.81. The Kier molecular flexibility index (Phi) is 3.18. The molecule has 3 saturated heterocycles. The summed E-state index contributed by atoms with van der Waals surface area (Å²) in [6.45, 7) is 1.79. The van der Waals surface area contributed by atoms with Crippen LogP contribution in [0, 0.1) is 0 Å². The van der Waals surface area contributed by atoms with E-state index in [1.165, 1.54) is 32.1 Å². The van der Waals surface area contributed by atoms with Crippen molar-refractivity contribution < 1.29 is 14.2 Å². The topological polar surface area (TPSA) is 27.7 Å². The largest absolute Gasteiger partial charge is 0.376 e. The lowest BCUT2D eigenvalue weighted by Gasteiger charge is -2.35. The van der Waals surface area contributed by atoms with Crippen molar-refractivity contribution in [1.82, 2.24) is 0 Å². The van der Waals surface area contributed by atoms with Crippen LogP contribution in [0.5, 0.6) is 0 Å². The Labute approximate surface area is 97.4 Å². The molecule has 3 aliphatic heterocycles. The van der Waals surface area contributed by atoms with Gasteiger partial charge in [0.05, 0.1) is 18.8 Å². The summed E-state index contributed by atoms with van der Waals surface area (Å²) < 4.78 is 17.9. The van der Waals surface area contributed by atoms with Gasteiger partial charge < -0.3 is 14.2 Å². The molecule has 0 N–H and O–H groups in total. The van der Waals surface area contributed by atoms with E-state index in [2.05, 4.69) is 0 Å². The molecule has 3 nitrogen and oxygen atoms in total. The van der Waals surface area contributed by atoms with Gasteiger partial charge in [0.15, 0.2) is 5.79 Å². The van der Waals surface area contributed by atoms with Crippen LogP contribution < -0.4 is 0 Å². The van der Waals surface area contributed by atoms with E-state index in [4.69, 9.17) is 14.2 Å². The van der Waals surface area contributed by atoms with Crippen LogP contribution in [0.2, 0.25) is 0 Å². The molecule has 0 aromatic carbocycles. The van der Waals surface area contributed by atoms with Crippen molar-refractivity contribution in [3.63, 3.8) is 0 Å². The van der Waals surface area contributed by atoms with Crippen molar-refractivity contribution in [2.24, 2.45) is 0 Å². The van der Waals surface area contributed by atoms with E-state index in [1.54, 1.807) is 0 Å². The lowest BCUT2D eigenvalue weighted by Crippen LogP contribution is -2.39. The maximum Gasteiger partial charge on any atom is 0.168 e. The number of ether oxygens (including phenoxy) is 3. The third-order valence-electron chi connectivity index (χ3n) is 4.12. The van der Waals surface area contributed by atoms with Crippen molar-refractivity contribution in [3.8, 4) is 0 Å². The average Bonchev–Trinajstić information content (AvgIpc) is 2.75. The van der Waals surface area contributed by atoms with Crippen molar-refractivity contribution in [3.05, 3.63) is 0 Å². The summed E-state index contributed by atoms with van der Waals surface area (Å²) in [4.78, 5) is 0. The Bertz CT molecular complexity index is 229. The SMILES string of the molecule is C1CC[C@@H]([C@H]2CC[C@@]3(CCCCO3)O2)OC1. The average molecular weight is 226 g/mol. The molecule has 0 bridgehead atoms. The molecule has 3 aliphatic rings. The van der Waals surface area contributed by atoms with Gasteiger partial charge in [0, 0.05) is 19.4 Å². The van der Waals surface area contributed by atoms with Gasteiger partial charge in [0.2, 0.25) is 0 Å². The zero-order valence-electron chi connectivity index (χ0n) is 9.95. The molecule has 16 heavy (non-hydrogen) atoms. The van der Waals surface area contributed by atoms with E-state index < -0.39 is 0 Å². The van der Waals surface area contributed by atoms with Gasteiger partial charge >= 0.3 is 0 Å². The lowest BCUT2D eigenvalue weighted by atomic mass is 9.99. The normalized spacial score (nSPS) is 45.0. The first-order valence-electron chi connectivity index (χ1n) is 6.81. The van der Waals surface area contributed by atoms with E-state index in [-0.39, 0.29) is 5.79 Å². The molecular weight excluding hydrogens is 204 g/mol. The smallest absolute Gasteiger partial charge is 0.168 e. The van der Waals surface area contributed by atoms with Crippen LogP contribution in [-0.2, 0) is 14.2 Å². The molecule has 0 unspecified atom stereocenters. The molecule has 3 heterocycles. The van der Waals surface area contributed by atoms with Crippen LogP contribution in [0.25, 0.3) is 0 Å². The number of rotatable bonds is 1. The van der Waals surface area contributed by atoms with Crippen molar-refractivity contribution in [2.75, 3.05) is 13.2 Å². The molecule has 0 aliphatic carbocycles. The minimum absolute atomic E-state index is 0.232. The zero-order chi connectivity index (χ0) is 10.8. The molecule has 0 amide bonds. The molecule has 92 valence electrons. The van der Waals surface area contributed by atoms with Gasteiger partial charge in [0.25, 0.3) is 0 Å². The Morgan fingerprint density at radius 3 is 2.50 bits per heavy atom. The van der Waals surface area contributed by atoms with Gasteiger partial charge in [-0.25, -0.2) is 0 Å². The lowest BCUT2D eigenvalue weighted by molar-refractivity contribution is -0.258. The highest BCUT2D eigenvalue weighted by molar-refractivity contribution is 4.88. The van der Waals surface area contributed by atoms with E-state index in [0.717, 1.165) is 32.5 Å². The van der Waals surface area contributed by atoms with Crippen LogP contribution in [0.4, 0.5) is 0 Å². The van der Waals surface area contributed by atoms with Gasteiger partial charge in [-0.05, 0) is 38.5 Å². The maximum absolute atomic E-state index is 6.18. The molecular formula is C13H22O3. The molecule has 1 spiro atoms. The second-order valence-electron chi connectivity index (χ2n) is 5.32. The van der Waals surface area contributed by atoms with Crippen molar-refractivity contribution in [2.45, 2.75) is 69.4 Å². The highest BCUT2D eigenvalue weighted by atomic mass is 16.7. The van der Waals surface area contributed by atoms with Crippen LogP contribution in [0.15, 0.2) is 0 Å². The quantitative estimate of drug-likeness (QED) is 0.688. The van der Waals surface area contributed by atoms with E-state index >= 15 is 0 Å². The number of hydrogen-bond acceptors (Lipinski definition) is 3. The summed E-state index contributed by atoms with van der Waals surface area (Å²) in [7, 11) is 0. The van der Waals surface area contributed by atoms with E-state index in [1.807, 2.05) is 0 Å². The molecule has 3 heteroatoms. The molecule has 3 fully saturated rings. The second-order valence-corrected chi connectivity index (χ2v) is 5.32. The fourth-order valence-electron chi connectivity index (χ4n) is 3.19. The summed E-state index contributed by atoms with van der Waals surface area (Å²) >= 11 is 0. The maximum atomic E-state index is 6.18. The molecule has 0 radical (unpaired) electrons. The van der Waals surface area contributed by atoms with Crippen molar-refractivity contribution in [1.29, 1.82) is 0 Å². The van der Waals surface area contributed by atoms with E-state index in [0.29, 0.717) is 12.2 Å². The van der Waals surface area contributed by atoms with Gasteiger partial charge in [-0.3, -0.25) is 0 Å². The predicted molar refractivity (Wildman–Crippen MR) is 60.2 cm³/mol. The standard InChI is InChI=1S/C13H22O3/c1-3-9-14-11(5-1)12-6-8-13(16-12)7-2-4-10-15-13/h11-12H,1-10H2/t11-,12+,13+/m0/s1. The summed E-state index contributed by atoms with van der Waals surface area (Å²) in [5, 5.41) is 0. The summed E-state index contributed by atoms with van der Waals surface area (Å²) in [5.41, 5.74) is 0. The first-order chi connectivity index (χ1) is 7.88. The van der Waals surface area contributed by atoms with Crippen LogP contribution in [0.3, 0.4) is 0 Å². The third-order valence-corrected chi connectivity index (χ3v) is 4.12. The zero-order valence-corrected chi connectivity index (χ0v) is 9.95. The van der Waals surface area contributed by atoms with Gasteiger partial charge in [-0.1, -0.05) is 0 Å². The van der Waals surface area contributed by atoms with Crippen LogP contribution in [0.1, 0.15) is 51.4 Å². The summed E-state index contributed by atoms with van der Waals surface area (Å²) in [5.74, 6) is -0.232. The van der Waals surface area contributed by atoms with E-state index in [9.17, 15) is 0 Å². The van der Waals surface area contributed by atoms with Crippen molar-refractivity contribution >= 4 is 0 Å². The molecule has 3 atom stereocenters. The number of hydrogen-bond donors (Lipinski definition) is 0. The first kappa shape index (κ1) is 11.0. The van der Waals surface area contributed by atoms with Gasteiger partial charge in [-0.15, -0.1) is 0 Å². The Hall–Kier alpha value is -0.120. The molecule has 0 aromatic heterocycles. The second kappa shape index (κ2) is 4.63. The summed E-state index contributed by atoms with van der Waals surface area (Å²) in [6, 6.07) is 0. The minimum atomic E-state index is -0.232. The third kappa shape index (κ3) is 2.13. The highest BCUT2D eigenvalue weighted by Gasteiger charge is 2.45. The van der Waals surface area contributed by atoms with Gasteiger partial charge in [-0.2, -0.15) is 0 Å². The molecule has 3 rings (SSSR count). The summed E-state index contributed by atoms with van der Waals surface area (Å²) in [6.07, 6.45) is 9.99. The Balaban J connectivity index is 1.58. The molecule has 0 saturated carbocycles. The highest BCUT2D eigenvalue weighted by Crippen LogP contribution is 2.40. The fourth-order valence-corrected chi connectivity index (χ4v) is 3.19. The Morgan fingerprint density at radius 1 is 0.812 bits per heavy atom. The fraction of sp³-hybridized carbons (Fsp3) is 1.00. The predicted octanol–water partition coefficient (Wildman–Crippen LogP) is 2.63. The Morgan fingerprint density at radius 2 is 1.75 bits per heavy atom. The molecule has 0 aromatic rings.